The van der Waals surface area contributed by atoms with Gasteiger partial charge in [-0.2, -0.15) is 0 Å². The highest BCUT2D eigenvalue weighted by Crippen LogP contribution is 2.14. The van der Waals surface area contributed by atoms with Crippen molar-refractivity contribution in [2.45, 2.75) is 44.6 Å². The van der Waals surface area contributed by atoms with Gasteiger partial charge >= 0.3 is 11.9 Å². The molecule has 0 saturated carbocycles. The van der Waals surface area contributed by atoms with Gasteiger partial charge in [-0.15, -0.1) is 5.06 Å². The van der Waals surface area contributed by atoms with E-state index in [9.17, 15) is 28.8 Å². The van der Waals surface area contributed by atoms with Crippen molar-refractivity contribution in [1.29, 1.82) is 0 Å². The second kappa shape index (κ2) is 7.62. The molecule has 0 bridgehead atoms. The van der Waals surface area contributed by atoms with E-state index in [-0.39, 0.29) is 38.5 Å². The Kier molecular flexibility index (Phi) is 5.56. The number of carbonyl (C=O) groups is 6. The fourth-order valence-corrected chi connectivity index (χ4v) is 2.13. The van der Waals surface area contributed by atoms with Crippen molar-refractivity contribution in [2.75, 3.05) is 0 Å². The first-order chi connectivity index (χ1) is 11.4. The zero-order chi connectivity index (χ0) is 17.7. The number of rotatable bonds is 7. The van der Waals surface area contributed by atoms with Gasteiger partial charge in [-0.05, 0) is 25.0 Å². The molecule has 9 nitrogen and oxygen atoms in total. The van der Waals surface area contributed by atoms with Gasteiger partial charge in [0.05, 0.1) is 0 Å². The lowest BCUT2D eigenvalue weighted by molar-refractivity contribution is -0.197. The van der Waals surface area contributed by atoms with Crippen LogP contribution in [0.25, 0.3) is 0 Å². The van der Waals surface area contributed by atoms with Crippen LogP contribution in [0, 0.1) is 0 Å². The van der Waals surface area contributed by atoms with Crippen molar-refractivity contribution < 1.29 is 38.3 Å². The van der Waals surface area contributed by atoms with E-state index in [0.29, 0.717) is 5.06 Å². The predicted molar refractivity (Wildman–Crippen MR) is 74.7 cm³/mol. The van der Waals surface area contributed by atoms with Gasteiger partial charge in [0.1, 0.15) is 0 Å². The van der Waals surface area contributed by atoms with Crippen LogP contribution in [0.3, 0.4) is 0 Å². The van der Waals surface area contributed by atoms with E-state index >= 15 is 0 Å². The van der Waals surface area contributed by atoms with E-state index < -0.39 is 41.4 Å². The number of esters is 1. The van der Waals surface area contributed by atoms with E-state index in [2.05, 4.69) is 4.84 Å². The van der Waals surface area contributed by atoms with E-state index in [0.717, 1.165) is 12.2 Å². The van der Waals surface area contributed by atoms with Crippen LogP contribution in [-0.4, -0.2) is 46.5 Å². The van der Waals surface area contributed by atoms with Crippen molar-refractivity contribution >= 4 is 35.3 Å². The minimum Gasteiger partial charge on any atom is -0.445 e. The molecule has 0 atom stereocenters. The molecule has 0 radical (unpaired) electrons. The first-order valence-corrected chi connectivity index (χ1v) is 7.40. The molecule has 0 N–H and O–H groups in total. The number of hydrogen-bond acceptors (Lipinski definition) is 8. The SMILES string of the molecule is O=C(CCCCC(=O)ON1C(=O)CCC1=O)OC1C(=O)C=CC1=O. The van der Waals surface area contributed by atoms with Gasteiger partial charge in [-0.3, -0.25) is 24.0 Å². The number of unbranched alkanes of at least 4 members (excludes halogenated alkanes) is 1. The quantitative estimate of drug-likeness (QED) is 0.270. The summed E-state index contributed by atoms with van der Waals surface area (Å²) >= 11 is 0. The summed E-state index contributed by atoms with van der Waals surface area (Å²) in [6, 6.07) is 0. The molecular formula is C15H15NO8. The van der Waals surface area contributed by atoms with E-state index in [4.69, 9.17) is 4.74 Å². The van der Waals surface area contributed by atoms with Gasteiger partial charge in [-0.25, -0.2) is 4.79 Å². The number of nitrogens with zero attached hydrogens (tertiary/aromatic N) is 1. The average molecular weight is 337 g/mol. The maximum Gasteiger partial charge on any atom is 0.333 e. The molecule has 128 valence electrons. The highest BCUT2D eigenvalue weighted by atomic mass is 16.7. The Bertz CT molecular complexity index is 583. The Morgan fingerprint density at radius 2 is 1.42 bits per heavy atom. The van der Waals surface area contributed by atoms with Crippen LogP contribution in [0.5, 0.6) is 0 Å². The lowest BCUT2D eigenvalue weighted by Gasteiger charge is -2.12. The molecule has 0 spiro atoms. The van der Waals surface area contributed by atoms with Crippen molar-refractivity contribution in [1.82, 2.24) is 5.06 Å². The van der Waals surface area contributed by atoms with Crippen LogP contribution in [0.2, 0.25) is 0 Å². The molecule has 9 heteroatoms. The summed E-state index contributed by atoms with van der Waals surface area (Å²) < 4.78 is 4.76. The Labute approximate surface area is 136 Å². The monoisotopic (exact) mass is 337 g/mol. The lowest BCUT2D eigenvalue weighted by atomic mass is 10.2. The van der Waals surface area contributed by atoms with E-state index in [1.165, 1.54) is 0 Å². The number of ether oxygens (including phenoxy) is 1. The topological polar surface area (TPSA) is 124 Å². The van der Waals surface area contributed by atoms with Gasteiger partial charge < -0.3 is 9.57 Å². The summed E-state index contributed by atoms with van der Waals surface area (Å²) in [7, 11) is 0. The Morgan fingerprint density at radius 3 is 1.96 bits per heavy atom. The molecule has 1 fully saturated rings. The zero-order valence-corrected chi connectivity index (χ0v) is 12.7. The van der Waals surface area contributed by atoms with Gasteiger partial charge in [-0.1, -0.05) is 0 Å². The van der Waals surface area contributed by atoms with Gasteiger partial charge in [0.2, 0.25) is 17.7 Å². The number of hydroxylamine groups is 2. The molecule has 0 aromatic rings. The van der Waals surface area contributed by atoms with Gasteiger partial charge in [0, 0.05) is 25.7 Å². The Morgan fingerprint density at radius 1 is 0.917 bits per heavy atom. The fourth-order valence-electron chi connectivity index (χ4n) is 2.13. The molecular weight excluding hydrogens is 322 g/mol. The highest BCUT2D eigenvalue weighted by Gasteiger charge is 2.33. The summed E-state index contributed by atoms with van der Waals surface area (Å²) in [4.78, 5) is 72.7. The molecule has 2 aliphatic rings. The lowest BCUT2D eigenvalue weighted by Crippen LogP contribution is -2.32. The van der Waals surface area contributed by atoms with Crippen molar-refractivity contribution in [2.24, 2.45) is 0 Å². The molecule has 24 heavy (non-hydrogen) atoms. The maximum absolute atomic E-state index is 11.5. The third-order valence-corrected chi connectivity index (χ3v) is 3.39. The summed E-state index contributed by atoms with van der Waals surface area (Å²) in [5.74, 6) is -3.73. The van der Waals surface area contributed by atoms with E-state index in [1.54, 1.807) is 0 Å². The summed E-state index contributed by atoms with van der Waals surface area (Å²) in [6.45, 7) is 0. The normalized spacial score (nSPS) is 17.8. The summed E-state index contributed by atoms with van der Waals surface area (Å²) in [5.41, 5.74) is 0. The Hall–Kier alpha value is -2.84. The third-order valence-electron chi connectivity index (χ3n) is 3.39. The molecule has 0 aromatic carbocycles. The third kappa shape index (κ3) is 4.34. The van der Waals surface area contributed by atoms with Crippen LogP contribution >= 0.6 is 0 Å². The molecule has 0 unspecified atom stereocenters. The standard InChI is InChI=1S/C15H15NO8/c17-9-5-6-10(18)15(9)23-13(21)3-1-2-4-14(22)24-16-11(19)7-8-12(16)20/h5-6,15H,1-4,7-8H2. The smallest absolute Gasteiger partial charge is 0.333 e. The summed E-state index contributed by atoms with van der Waals surface area (Å²) in [6.07, 6.45) is 1.10. The van der Waals surface area contributed by atoms with Crippen molar-refractivity contribution in [3.63, 3.8) is 0 Å². The Balaban J connectivity index is 1.62. The number of imide groups is 1. The van der Waals surface area contributed by atoms with Gasteiger partial charge in [0.15, 0.2) is 0 Å². The number of hydrogen-bond donors (Lipinski definition) is 0. The first kappa shape index (κ1) is 17.5. The zero-order valence-electron chi connectivity index (χ0n) is 12.7. The minimum absolute atomic E-state index is 0.0193. The van der Waals surface area contributed by atoms with Crippen LogP contribution in [0.15, 0.2) is 12.2 Å². The predicted octanol–water partition coefficient (Wildman–Crippen LogP) is -0.226. The average Bonchev–Trinajstić information content (AvgIpc) is 3.01. The van der Waals surface area contributed by atoms with Gasteiger partial charge in [0.25, 0.3) is 11.8 Å². The van der Waals surface area contributed by atoms with Crippen LogP contribution in [0.1, 0.15) is 38.5 Å². The molecule has 1 aliphatic heterocycles. The molecule has 2 rings (SSSR count). The molecule has 1 heterocycles. The van der Waals surface area contributed by atoms with E-state index in [1.807, 2.05) is 0 Å². The highest BCUT2D eigenvalue weighted by molar-refractivity contribution is 6.21. The fraction of sp³-hybridized carbons (Fsp3) is 0.467. The number of amides is 2. The summed E-state index contributed by atoms with van der Waals surface area (Å²) in [5, 5.41) is 0.459. The second-order valence-corrected chi connectivity index (χ2v) is 5.26. The molecule has 2 amide bonds. The van der Waals surface area contributed by atoms with Crippen molar-refractivity contribution in [3.8, 4) is 0 Å². The minimum atomic E-state index is -1.39. The second-order valence-electron chi connectivity index (χ2n) is 5.26. The molecule has 1 saturated heterocycles. The molecule has 1 aliphatic carbocycles. The number of carbonyl (C=O) groups excluding carboxylic acids is 6. The van der Waals surface area contributed by atoms with Crippen LogP contribution in [-0.2, 0) is 38.3 Å². The van der Waals surface area contributed by atoms with Crippen LogP contribution < -0.4 is 0 Å². The molecule has 0 aromatic heterocycles. The maximum atomic E-state index is 11.5. The van der Waals surface area contributed by atoms with Crippen molar-refractivity contribution in [3.05, 3.63) is 12.2 Å². The number of ketones is 2. The first-order valence-electron chi connectivity index (χ1n) is 7.40. The van der Waals surface area contributed by atoms with Crippen LogP contribution in [0.4, 0.5) is 0 Å². The largest absolute Gasteiger partial charge is 0.445 e.